The van der Waals surface area contributed by atoms with Gasteiger partial charge in [0.25, 0.3) is 0 Å². The number of carbonyl (C=O) groups is 1. The molecule has 1 aromatic carbocycles. The lowest BCUT2D eigenvalue weighted by Crippen LogP contribution is -1.83. The van der Waals surface area contributed by atoms with E-state index in [1.807, 2.05) is 13.1 Å². The number of rotatable bonds is 2. The van der Waals surface area contributed by atoms with E-state index in [-0.39, 0.29) is 5.78 Å². The Kier molecular flexibility index (Phi) is 2.42. The number of ketones is 1. The number of Topliss-reactive ketones (excluding diaryl/α,β-unsaturated/α-hetero) is 1. The van der Waals surface area contributed by atoms with Gasteiger partial charge in [0.1, 0.15) is 0 Å². The summed E-state index contributed by atoms with van der Waals surface area (Å²) in [5.41, 5.74) is 0. The minimum Gasteiger partial charge on any atom is -0.380 e. The van der Waals surface area contributed by atoms with Gasteiger partial charge in [-0.05, 0) is 42.0 Å². The van der Waals surface area contributed by atoms with Crippen LogP contribution < -0.4 is 5.32 Å². The highest BCUT2D eigenvalue weighted by molar-refractivity contribution is 7.23. The van der Waals surface area contributed by atoms with E-state index in [2.05, 4.69) is 23.5 Å². The van der Waals surface area contributed by atoms with Gasteiger partial charge < -0.3 is 5.32 Å². The number of thiophene rings is 2. The van der Waals surface area contributed by atoms with Gasteiger partial charge in [0.2, 0.25) is 0 Å². The van der Waals surface area contributed by atoms with E-state index in [1.165, 1.54) is 19.8 Å². The van der Waals surface area contributed by atoms with Crippen molar-refractivity contribution in [3.63, 3.8) is 0 Å². The second-order valence-electron chi connectivity index (χ2n) is 3.96. The molecule has 0 unspecified atom stereocenters. The van der Waals surface area contributed by atoms with Gasteiger partial charge in [-0.3, -0.25) is 4.79 Å². The van der Waals surface area contributed by atoms with Crippen LogP contribution in [0, 0.1) is 0 Å². The number of hydrogen-bond acceptors (Lipinski definition) is 4. The number of fused-ring (bicyclic) bond motifs is 2. The first kappa shape index (κ1) is 10.7. The topological polar surface area (TPSA) is 29.1 Å². The molecule has 86 valence electrons. The summed E-state index contributed by atoms with van der Waals surface area (Å²) in [7, 11) is 1.93. The molecule has 0 aliphatic carbocycles. The molecule has 17 heavy (non-hydrogen) atoms. The summed E-state index contributed by atoms with van der Waals surface area (Å²) < 4.78 is 2.44. The summed E-state index contributed by atoms with van der Waals surface area (Å²) >= 11 is 3.31. The van der Waals surface area contributed by atoms with Crippen molar-refractivity contribution in [3.05, 3.63) is 29.1 Å². The first-order valence-electron chi connectivity index (χ1n) is 5.33. The molecule has 0 amide bonds. The highest BCUT2D eigenvalue weighted by Crippen LogP contribution is 2.35. The predicted molar refractivity (Wildman–Crippen MR) is 76.8 cm³/mol. The summed E-state index contributed by atoms with van der Waals surface area (Å²) in [6.45, 7) is 1.62. The van der Waals surface area contributed by atoms with Crippen molar-refractivity contribution in [2.24, 2.45) is 0 Å². The van der Waals surface area contributed by atoms with Crippen molar-refractivity contribution in [2.75, 3.05) is 12.4 Å². The molecule has 3 rings (SSSR count). The highest BCUT2D eigenvalue weighted by Gasteiger charge is 2.08. The van der Waals surface area contributed by atoms with Crippen LogP contribution in [0.25, 0.3) is 20.2 Å². The van der Waals surface area contributed by atoms with Crippen molar-refractivity contribution < 1.29 is 4.79 Å². The van der Waals surface area contributed by atoms with Crippen molar-refractivity contribution in [1.82, 2.24) is 0 Å². The van der Waals surface area contributed by atoms with Crippen molar-refractivity contribution in [1.29, 1.82) is 0 Å². The fourth-order valence-electron chi connectivity index (χ4n) is 1.87. The molecule has 2 heterocycles. The molecule has 0 spiro atoms. The van der Waals surface area contributed by atoms with E-state index in [9.17, 15) is 4.79 Å². The molecule has 0 saturated heterocycles. The minimum atomic E-state index is 0.144. The molecule has 0 fully saturated rings. The highest BCUT2D eigenvalue weighted by atomic mass is 32.1. The Hall–Kier alpha value is -1.39. The Morgan fingerprint density at radius 3 is 2.35 bits per heavy atom. The van der Waals surface area contributed by atoms with Gasteiger partial charge in [-0.2, -0.15) is 0 Å². The number of anilines is 1. The molecule has 0 aliphatic heterocycles. The van der Waals surface area contributed by atoms with Crippen molar-refractivity contribution >= 4 is 53.6 Å². The SMILES string of the molecule is CNc1cc2cc3sc(C(C)=O)cc3cc2s1. The van der Waals surface area contributed by atoms with Crippen LogP contribution in [-0.4, -0.2) is 12.8 Å². The Labute approximate surface area is 107 Å². The third kappa shape index (κ3) is 1.73. The van der Waals surface area contributed by atoms with Gasteiger partial charge in [-0.25, -0.2) is 0 Å². The summed E-state index contributed by atoms with van der Waals surface area (Å²) in [5.74, 6) is 0.144. The molecule has 1 N–H and O–H groups in total. The summed E-state index contributed by atoms with van der Waals surface area (Å²) in [4.78, 5) is 12.2. The fraction of sp³-hybridized carbons (Fsp3) is 0.154. The Morgan fingerprint density at radius 2 is 1.71 bits per heavy atom. The van der Waals surface area contributed by atoms with Gasteiger partial charge in [0.15, 0.2) is 5.78 Å². The largest absolute Gasteiger partial charge is 0.380 e. The molecule has 0 radical (unpaired) electrons. The summed E-state index contributed by atoms with van der Waals surface area (Å²) in [6, 6.07) is 8.46. The molecule has 2 aromatic heterocycles. The van der Waals surface area contributed by atoms with Crippen LogP contribution in [0.15, 0.2) is 24.3 Å². The van der Waals surface area contributed by atoms with Gasteiger partial charge >= 0.3 is 0 Å². The van der Waals surface area contributed by atoms with Crippen LogP contribution in [0.4, 0.5) is 5.00 Å². The normalized spacial score (nSPS) is 11.2. The Morgan fingerprint density at radius 1 is 1.06 bits per heavy atom. The molecule has 4 heteroatoms. The van der Waals surface area contributed by atoms with Gasteiger partial charge in [-0.15, -0.1) is 22.7 Å². The zero-order valence-electron chi connectivity index (χ0n) is 9.53. The first-order chi connectivity index (χ1) is 8.17. The summed E-state index contributed by atoms with van der Waals surface area (Å²) in [6.07, 6.45) is 0. The van der Waals surface area contributed by atoms with Crippen LogP contribution in [0.5, 0.6) is 0 Å². The monoisotopic (exact) mass is 261 g/mol. The molecule has 0 atom stereocenters. The van der Waals surface area contributed by atoms with Crippen molar-refractivity contribution in [3.8, 4) is 0 Å². The lowest BCUT2D eigenvalue weighted by molar-refractivity contribution is 0.102. The Balaban J connectivity index is 2.28. The number of carbonyl (C=O) groups excluding carboxylic acids is 1. The third-order valence-electron chi connectivity index (χ3n) is 2.75. The van der Waals surface area contributed by atoms with E-state index >= 15 is 0 Å². The average molecular weight is 261 g/mol. The Bertz CT molecular complexity index is 673. The van der Waals surface area contributed by atoms with E-state index in [0.29, 0.717) is 0 Å². The number of hydrogen-bond donors (Lipinski definition) is 1. The summed E-state index contributed by atoms with van der Waals surface area (Å²) in [5, 5.41) is 6.74. The standard InChI is InChI=1S/C13H11NOS2/c1-7(15)10-3-8-4-12-9(5-11(8)16-10)6-13(14-2)17-12/h3-6,14H,1-2H3. The molecule has 0 aliphatic rings. The van der Waals surface area contributed by atoms with Crippen LogP contribution in [0.2, 0.25) is 0 Å². The average Bonchev–Trinajstić information content (AvgIpc) is 2.87. The van der Waals surface area contributed by atoms with E-state index in [4.69, 9.17) is 0 Å². The fourth-order valence-corrected chi connectivity index (χ4v) is 3.80. The maximum absolute atomic E-state index is 11.4. The lowest BCUT2D eigenvalue weighted by atomic mass is 10.2. The number of nitrogens with one attached hydrogen (secondary N) is 1. The molecule has 3 aromatic rings. The van der Waals surface area contributed by atoms with Crippen LogP contribution >= 0.6 is 22.7 Å². The quantitative estimate of drug-likeness (QED) is 0.694. The minimum absolute atomic E-state index is 0.144. The maximum atomic E-state index is 11.4. The van der Waals surface area contributed by atoms with Crippen molar-refractivity contribution in [2.45, 2.75) is 6.92 Å². The van der Waals surface area contributed by atoms with Crippen LogP contribution in [-0.2, 0) is 0 Å². The first-order valence-corrected chi connectivity index (χ1v) is 6.96. The molecular weight excluding hydrogens is 250 g/mol. The van der Waals surface area contributed by atoms with Gasteiger partial charge in [-0.1, -0.05) is 0 Å². The lowest BCUT2D eigenvalue weighted by Gasteiger charge is -1.89. The van der Waals surface area contributed by atoms with Gasteiger partial charge in [0, 0.05) is 16.4 Å². The molecule has 2 nitrogen and oxygen atoms in total. The van der Waals surface area contributed by atoms with E-state index in [1.54, 1.807) is 29.6 Å². The molecular formula is C13H11NOS2. The second-order valence-corrected chi connectivity index (χ2v) is 6.12. The van der Waals surface area contributed by atoms with Gasteiger partial charge in [0.05, 0.1) is 9.88 Å². The maximum Gasteiger partial charge on any atom is 0.169 e. The van der Waals surface area contributed by atoms with E-state index < -0.39 is 0 Å². The third-order valence-corrected chi connectivity index (χ3v) is 5.06. The van der Waals surface area contributed by atoms with Crippen LogP contribution in [0.3, 0.4) is 0 Å². The smallest absolute Gasteiger partial charge is 0.169 e. The second kappa shape index (κ2) is 3.82. The van der Waals surface area contributed by atoms with Crippen LogP contribution in [0.1, 0.15) is 16.6 Å². The predicted octanol–water partition coefficient (Wildman–Crippen LogP) is 4.36. The number of benzene rings is 1. The molecule has 0 bridgehead atoms. The van der Waals surface area contributed by atoms with E-state index in [0.717, 1.165) is 10.3 Å². The molecule has 0 saturated carbocycles. The zero-order chi connectivity index (χ0) is 12.0. The zero-order valence-corrected chi connectivity index (χ0v) is 11.2.